The number of carbonyl (C=O) groups excluding carboxylic acids is 2. The fourth-order valence-corrected chi connectivity index (χ4v) is 3.09. The van der Waals surface area contributed by atoms with E-state index in [2.05, 4.69) is 0 Å². The van der Waals surface area contributed by atoms with Gasteiger partial charge in [-0.3, -0.25) is 9.59 Å². The first kappa shape index (κ1) is 19.2. The van der Waals surface area contributed by atoms with Gasteiger partial charge in [-0.15, -0.1) is 0 Å². The van der Waals surface area contributed by atoms with E-state index in [4.69, 9.17) is 9.47 Å². The van der Waals surface area contributed by atoms with Crippen LogP contribution in [0.2, 0.25) is 0 Å². The molecule has 1 N–H and O–H groups in total. The zero-order chi connectivity index (χ0) is 20.1. The summed E-state index contributed by atoms with van der Waals surface area (Å²) in [6, 6.07) is 21.7. The number of phenolic OH excluding ortho intramolecular Hbond substituents is 1. The molecule has 0 spiro atoms. The number of phenols is 1. The summed E-state index contributed by atoms with van der Waals surface area (Å²) in [6.45, 7) is 2.66. The van der Waals surface area contributed by atoms with Crippen LogP contribution in [0.3, 0.4) is 0 Å². The fraction of sp³-hybridized carbons (Fsp3) is 0.130. The summed E-state index contributed by atoms with van der Waals surface area (Å²) in [4.78, 5) is 22.3. The molecule has 0 aliphatic carbocycles. The SMILES string of the molecule is CC(=O)Oc1ccc(C(c2ccccc2)c2ccc(OC(C)=O)cc2O)cc1. The Balaban J connectivity index is 2.03. The molecule has 0 aromatic heterocycles. The van der Waals surface area contributed by atoms with Gasteiger partial charge < -0.3 is 14.6 Å². The van der Waals surface area contributed by atoms with E-state index in [1.165, 1.54) is 19.9 Å². The average molecular weight is 376 g/mol. The van der Waals surface area contributed by atoms with Gasteiger partial charge in [0.1, 0.15) is 17.2 Å². The number of hydrogen-bond donors (Lipinski definition) is 1. The van der Waals surface area contributed by atoms with Gasteiger partial charge in [-0.25, -0.2) is 0 Å². The zero-order valence-electron chi connectivity index (χ0n) is 15.6. The van der Waals surface area contributed by atoms with Crippen molar-refractivity contribution in [2.45, 2.75) is 19.8 Å². The molecule has 1 atom stereocenters. The van der Waals surface area contributed by atoms with Gasteiger partial charge in [-0.1, -0.05) is 48.5 Å². The van der Waals surface area contributed by atoms with Crippen LogP contribution in [0.5, 0.6) is 17.2 Å². The maximum Gasteiger partial charge on any atom is 0.308 e. The van der Waals surface area contributed by atoms with Crippen molar-refractivity contribution in [3.63, 3.8) is 0 Å². The van der Waals surface area contributed by atoms with E-state index in [1.54, 1.807) is 24.3 Å². The lowest BCUT2D eigenvalue weighted by atomic mass is 9.84. The summed E-state index contributed by atoms with van der Waals surface area (Å²) in [6.07, 6.45) is 0. The van der Waals surface area contributed by atoms with Crippen LogP contribution >= 0.6 is 0 Å². The molecule has 3 aromatic carbocycles. The first-order valence-corrected chi connectivity index (χ1v) is 8.78. The number of ether oxygens (including phenoxy) is 2. The van der Waals surface area contributed by atoms with E-state index in [0.717, 1.165) is 11.1 Å². The van der Waals surface area contributed by atoms with Crippen molar-refractivity contribution in [1.82, 2.24) is 0 Å². The van der Waals surface area contributed by atoms with Crippen molar-refractivity contribution < 1.29 is 24.2 Å². The van der Waals surface area contributed by atoms with Crippen LogP contribution in [0.4, 0.5) is 0 Å². The predicted octanol–water partition coefficient (Wildman–Crippen LogP) is 4.42. The van der Waals surface area contributed by atoms with Crippen molar-refractivity contribution in [3.8, 4) is 17.2 Å². The van der Waals surface area contributed by atoms with E-state index in [0.29, 0.717) is 11.3 Å². The molecule has 0 aliphatic heterocycles. The molecule has 0 saturated heterocycles. The van der Waals surface area contributed by atoms with Crippen LogP contribution in [0.15, 0.2) is 72.8 Å². The molecule has 142 valence electrons. The quantitative estimate of drug-likeness (QED) is 0.405. The third kappa shape index (κ3) is 4.57. The first-order valence-electron chi connectivity index (χ1n) is 8.78. The minimum atomic E-state index is -0.451. The number of carbonyl (C=O) groups is 2. The molecule has 0 saturated carbocycles. The molecule has 0 radical (unpaired) electrons. The molecule has 5 heteroatoms. The zero-order valence-corrected chi connectivity index (χ0v) is 15.6. The highest BCUT2D eigenvalue weighted by Gasteiger charge is 2.21. The van der Waals surface area contributed by atoms with Crippen molar-refractivity contribution >= 4 is 11.9 Å². The largest absolute Gasteiger partial charge is 0.507 e. The Morgan fingerprint density at radius 1 is 0.750 bits per heavy atom. The van der Waals surface area contributed by atoms with Gasteiger partial charge in [0, 0.05) is 31.4 Å². The van der Waals surface area contributed by atoms with E-state index < -0.39 is 5.97 Å². The van der Waals surface area contributed by atoms with Gasteiger partial charge in [0.2, 0.25) is 0 Å². The van der Waals surface area contributed by atoms with Gasteiger partial charge in [0.05, 0.1) is 0 Å². The van der Waals surface area contributed by atoms with Crippen molar-refractivity contribution in [2.75, 3.05) is 0 Å². The molecular weight excluding hydrogens is 356 g/mol. The van der Waals surface area contributed by atoms with E-state index >= 15 is 0 Å². The fourth-order valence-electron chi connectivity index (χ4n) is 3.09. The van der Waals surface area contributed by atoms with Crippen molar-refractivity contribution in [2.24, 2.45) is 0 Å². The van der Waals surface area contributed by atoms with Gasteiger partial charge in [0.15, 0.2) is 0 Å². The highest BCUT2D eigenvalue weighted by atomic mass is 16.5. The second-order valence-electron chi connectivity index (χ2n) is 6.32. The second kappa shape index (κ2) is 8.39. The molecule has 5 nitrogen and oxygen atoms in total. The molecule has 1 unspecified atom stereocenters. The van der Waals surface area contributed by atoms with Crippen molar-refractivity contribution in [1.29, 1.82) is 0 Å². The molecule has 3 rings (SSSR count). The second-order valence-corrected chi connectivity index (χ2v) is 6.32. The van der Waals surface area contributed by atoms with Crippen molar-refractivity contribution in [3.05, 3.63) is 89.5 Å². The highest BCUT2D eigenvalue weighted by molar-refractivity contribution is 5.70. The van der Waals surface area contributed by atoms with Crippen LogP contribution in [0.1, 0.15) is 36.5 Å². The molecule has 28 heavy (non-hydrogen) atoms. The van der Waals surface area contributed by atoms with Crippen LogP contribution < -0.4 is 9.47 Å². The average Bonchev–Trinajstić information content (AvgIpc) is 2.65. The van der Waals surface area contributed by atoms with E-state index in [1.807, 2.05) is 42.5 Å². The van der Waals surface area contributed by atoms with Crippen LogP contribution in [-0.2, 0) is 9.59 Å². The molecule has 0 heterocycles. The minimum absolute atomic E-state index is 0.0247. The number of esters is 2. The van der Waals surface area contributed by atoms with E-state index in [9.17, 15) is 14.7 Å². The summed E-state index contributed by atoms with van der Waals surface area (Å²) in [5.74, 6) is -0.322. The summed E-state index contributed by atoms with van der Waals surface area (Å²) in [5.41, 5.74) is 2.57. The molecule has 0 amide bonds. The molecule has 0 aliphatic rings. The Morgan fingerprint density at radius 3 is 1.86 bits per heavy atom. The van der Waals surface area contributed by atoms with Crippen LogP contribution in [0.25, 0.3) is 0 Å². The standard InChI is InChI=1S/C23H20O5/c1-15(24)27-19-10-8-18(9-11-19)23(17-6-4-3-5-7-17)21-13-12-20(14-22(21)26)28-16(2)25/h3-14,23,26H,1-2H3. The monoisotopic (exact) mass is 376 g/mol. The highest BCUT2D eigenvalue weighted by Crippen LogP contribution is 2.38. The summed E-state index contributed by atoms with van der Waals surface area (Å²) < 4.78 is 10.1. The maximum absolute atomic E-state index is 11.2. The van der Waals surface area contributed by atoms with Gasteiger partial charge in [0.25, 0.3) is 0 Å². The van der Waals surface area contributed by atoms with Crippen LogP contribution in [-0.4, -0.2) is 17.0 Å². The number of rotatable bonds is 5. The van der Waals surface area contributed by atoms with Crippen LogP contribution in [0, 0.1) is 0 Å². The lowest BCUT2D eigenvalue weighted by molar-refractivity contribution is -0.132. The van der Waals surface area contributed by atoms with Gasteiger partial charge in [-0.2, -0.15) is 0 Å². The third-order valence-corrected chi connectivity index (χ3v) is 4.18. The summed E-state index contributed by atoms with van der Waals surface area (Å²) in [5, 5.41) is 10.6. The molecule has 0 fully saturated rings. The summed E-state index contributed by atoms with van der Waals surface area (Å²) in [7, 11) is 0. The summed E-state index contributed by atoms with van der Waals surface area (Å²) >= 11 is 0. The molecule has 3 aromatic rings. The lowest BCUT2D eigenvalue weighted by Gasteiger charge is -2.20. The number of hydrogen-bond acceptors (Lipinski definition) is 5. The first-order chi connectivity index (χ1) is 13.4. The Labute approximate surface area is 163 Å². The normalized spacial score (nSPS) is 11.5. The lowest BCUT2D eigenvalue weighted by Crippen LogP contribution is -2.06. The predicted molar refractivity (Wildman–Crippen MR) is 105 cm³/mol. The molecular formula is C23H20O5. The number of benzene rings is 3. The Hall–Kier alpha value is -3.60. The Kier molecular flexibility index (Phi) is 5.75. The van der Waals surface area contributed by atoms with E-state index in [-0.39, 0.29) is 23.4 Å². The van der Waals surface area contributed by atoms with Gasteiger partial charge >= 0.3 is 11.9 Å². The molecule has 0 bridgehead atoms. The smallest absolute Gasteiger partial charge is 0.308 e. The Bertz CT molecular complexity index is 978. The topological polar surface area (TPSA) is 72.8 Å². The van der Waals surface area contributed by atoms with Gasteiger partial charge in [-0.05, 0) is 29.3 Å². The maximum atomic E-state index is 11.2. The number of aromatic hydroxyl groups is 1. The Morgan fingerprint density at radius 2 is 1.29 bits per heavy atom. The minimum Gasteiger partial charge on any atom is -0.507 e. The third-order valence-electron chi connectivity index (χ3n) is 4.18.